The number of nitrogens with zero attached hydrogens (tertiary/aromatic N) is 1. The monoisotopic (exact) mass is 438 g/mol. The molecule has 1 amide bonds. The fourth-order valence-electron chi connectivity index (χ4n) is 3.34. The number of ether oxygens (including phenoxy) is 1. The van der Waals surface area contributed by atoms with Gasteiger partial charge in [0.1, 0.15) is 11.8 Å². The van der Waals surface area contributed by atoms with Crippen LogP contribution in [0.2, 0.25) is 5.02 Å². The van der Waals surface area contributed by atoms with Crippen LogP contribution in [0.1, 0.15) is 36.6 Å². The van der Waals surface area contributed by atoms with Gasteiger partial charge in [0.15, 0.2) is 0 Å². The second kappa shape index (κ2) is 9.05. The van der Waals surface area contributed by atoms with Crippen LogP contribution in [-0.2, 0) is 14.8 Å². The lowest BCUT2D eigenvalue weighted by molar-refractivity contribution is -0.122. The Morgan fingerprint density at radius 3 is 2.34 bits per heavy atom. The predicted octanol–water partition coefficient (Wildman–Crippen LogP) is 4.00. The van der Waals surface area contributed by atoms with Crippen molar-refractivity contribution in [3.63, 3.8) is 0 Å². The van der Waals surface area contributed by atoms with E-state index in [2.05, 4.69) is 5.32 Å². The average molecular weight is 439 g/mol. The summed E-state index contributed by atoms with van der Waals surface area (Å²) in [5, 5.41) is 3.25. The van der Waals surface area contributed by atoms with Crippen LogP contribution in [0.15, 0.2) is 36.4 Å². The van der Waals surface area contributed by atoms with Gasteiger partial charge in [-0.1, -0.05) is 35.4 Å². The third-order valence-corrected chi connectivity index (χ3v) is 6.18. The minimum Gasteiger partial charge on any atom is -0.495 e. The van der Waals surface area contributed by atoms with Crippen LogP contribution in [0.3, 0.4) is 0 Å². The second-order valence-electron chi connectivity index (χ2n) is 7.14. The van der Waals surface area contributed by atoms with Crippen LogP contribution in [0.25, 0.3) is 0 Å². The first kappa shape index (κ1) is 23.0. The number of nitrogens with one attached hydrogen (secondary N) is 1. The van der Waals surface area contributed by atoms with E-state index >= 15 is 0 Å². The minimum absolute atomic E-state index is 0.212. The number of amides is 1. The number of rotatable bonds is 7. The first-order valence-corrected chi connectivity index (χ1v) is 11.4. The summed E-state index contributed by atoms with van der Waals surface area (Å²) >= 11 is 6.07. The fraction of sp³-hybridized carbons (Fsp3) is 0.381. The molecule has 8 heteroatoms. The maximum absolute atomic E-state index is 13.0. The number of halogens is 1. The van der Waals surface area contributed by atoms with Crippen molar-refractivity contribution in [3.05, 3.63) is 58.1 Å². The van der Waals surface area contributed by atoms with Crippen LogP contribution in [-0.4, -0.2) is 33.7 Å². The number of hydrogen-bond donors (Lipinski definition) is 1. The van der Waals surface area contributed by atoms with Crippen LogP contribution in [0, 0.1) is 13.8 Å². The molecule has 0 spiro atoms. The van der Waals surface area contributed by atoms with Crippen LogP contribution in [0.5, 0.6) is 5.75 Å². The number of aryl methyl sites for hydroxylation is 2. The molecule has 2 rings (SSSR count). The highest BCUT2D eigenvalue weighted by Gasteiger charge is 2.32. The molecule has 0 radical (unpaired) electrons. The van der Waals surface area contributed by atoms with E-state index in [9.17, 15) is 13.2 Å². The van der Waals surface area contributed by atoms with Crippen molar-refractivity contribution in [1.82, 2.24) is 5.32 Å². The number of carbonyl (C=O) groups excluding carboxylic acids is 1. The molecule has 6 nitrogen and oxygen atoms in total. The van der Waals surface area contributed by atoms with Gasteiger partial charge in [0, 0.05) is 5.02 Å². The van der Waals surface area contributed by atoms with Crippen LogP contribution < -0.4 is 14.4 Å². The lowest BCUT2D eigenvalue weighted by atomic mass is 10.00. The summed E-state index contributed by atoms with van der Waals surface area (Å²) in [5.74, 6) is -0.119. The van der Waals surface area contributed by atoms with E-state index in [0.717, 1.165) is 27.3 Å². The highest BCUT2D eigenvalue weighted by Crippen LogP contribution is 2.34. The molecular formula is C21H27ClN2O4S. The topological polar surface area (TPSA) is 75.7 Å². The smallest absolute Gasteiger partial charge is 0.244 e. The number of sulfonamides is 1. The van der Waals surface area contributed by atoms with Gasteiger partial charge in [-0.15, -0.1) is 0 Å². The molecule has 2 aromatic rings. The molecule has 158 valence electrons. The molecular weight excluding hydrogens is 412 g/mol. The largest absolute Gasteiger partial charge is 0.495 e. The van der Waals surface area contributed by atoms with Gasteiger partial charge in [-0.3, -0.25) is 9.10 Å². The van der Waals surface area contributed by atoms with Gasteiger partial charge in [0.25, 0.3) is 0 Å². The number of carbonyl (C=O) groups is 1. The molecule has 0 fully saturated rings. The van der Waals surface area contributed by atoms with E-state index in [-0.39, 0.29) is 11.7 Å². The van der Waals surface area contributed by atoms with E-state index < -0.39 is 22.0 Å². The number of hydrogen-bond acceptors (Lipinski definition) is 4. The molecule has 0 unspecified atom stereocenters. The predicted molar refractivity (Wildman–Crippen MR) is 117 cm³/mol. The van der Waals surface area contributed by atoms with Crippen molar-refractivity contribution in [2.45, 2.75) is 39.8 Å². The first-order chi connectivity index (χ1) is 13.5. The van der Waals surface area contributed by atoms with Crippen molar-refractivity contribution in [1.29, 1.82) is 0 Å². The Morgan fingerprint density at radius 1 is 1.14 bits per heavy atom. The lowest BCUT2D eigenvalue weighted by Gasteiger charge is -2.30. The van der Waals surface area contributed by atoms with E-state index in [4.69, 9.17) is 16.3 Å². The lowest BCUT2D eigenvalue weighted by Crippen LogP contribution is -2.48. The Balaban J connectivity index is 2.36. The number of benzene rings is 2. The molecule has 0 bridgehead atoms. The van der Waals surface area contributed by atoms with Crippen molar-refractivity contribution < 1.29 is 17.9 Å². The Morgan fingerprint density at radius 2 is 1.79 bits per heavy atom. The Labute approximate surface area is 177 Å². The minimum atomic E-state index is -3.79. The standard InChI is InChI=1S/C21H27ClN2O4S/c1-13-7-9-18(14(2)11-13)15(3)23-21(25)16(4)24(29(6,26)27)19-12-17(22)8-10-20(19)28-5/h7-12,15-16H,1-6H3,(H,23,25)/t15-,16+/m0/s1. The molecule has 0 saturated heterocycles. The van der Waals surface area contributed by atoms with Crippen molar-refractivity contribution in [2.24, 2.45) is 0 Å². The zero-order chi connectivity index (χ0) is 21.9. The van der Waals surface area contributed by atoms with E-state index in [0.29, 0.717) is 10.8 Å². The summed E-state index contributed by atoms with van der Waals surface area (Å²) in [5.41, 5.74) is 3.38. The molecule has 29 heavy (non-hydrogen) atoms. The molecule has 2 atom stereocenters. The summed E-state index contributed by atoms with van der Waals surface area (Å²) in [4.78, 5) is 13.0. The molecule has 0 aliphatic heterocycles. The van der Waals surface area contributed by atoms with Crippen molar-refractivity contribution in [2.75, 3.05) is 17.7 Å². The highest BCUT2D eigenvalue weighted by molar-refractivity contribution is 7.92. The number of methoxy groups -OCH3 is 1. The van der Waals surface area contributed by atoms with Gasteiger partial charge in [-0.25, -0.2) is 8.42 Å². The molecule has 0 aliphatic carbocycles. The van der Waals surface area contributed by atoms with Gasteiger partial charge in [-0.2, -0.15) is 0 Å². The van der Waals surface area contributed by atoms with Gasteiger partial charge in [-0.05, 0) is 57.0 Å². The Kier molecular flexibility index (Phi) is 7.19. The van der Waals surface area contributed by atoms with Gasteiger partial charge < -0.3 is 10.1 Å². The summed E-state index contributed by atoms with van der Waals surface area (Å²) in [6.45, 7) is 7.39. The SMILES string of the molecule is COc1ccc(Cl)cc1N([C@H](C)C(=O)N[C@@H](C)c1ccc(C)cc1C)S(C)(=O)=O. The average Bonchev–Trinajstić information content (AvgIpc) is 2.60. The molecule has 0 aromatic heterocycles. The van der Waals surface area contributed by atoms with Crippen molar-refractivity contribution >= 4 is 33.2 Å². The maximum atomic E-state index is 13.0. The summed E-state index contributed by atoms with van der Waals surface area (Å²) in [6, 6.07) is 9.33. The van der Waals surface area contributed by atoms with Gasteiger partial charge in [0.2, 0.25) is 15.9 Å². The highest BCUT2D eigenvalue weighted by atomic mass is 35.5. The molecule has 2 aromatic carbocycles. The zero-order valence-electron chi connectivity index (χ0n) is 17.5. The van der Waals surface area contributed by atoms with Crippen LogP contribution >= 0.6 is 11.6 Å². The molecule has 1 N–H and O–H groups in total. The van der Waals surface area contributed by atoms with Crippen molar-refractivity contribution in [3.8, 4) is 5.75 Å². The molecule has 0 heterocycles. The fourth-order valence-corrected chi connectivity index (χ4v) is 4.68. The van der Waals surface area contributed by atoms with E-state index in [1.165, 1.54) is 20.1 Å². The Bertz CT molecular complexity index is 1010. The summed E-state index contributed by atoms with van der Waals surface area (Å²) in [6.07, 6.45) is 1.05. The van der Waals surface area contributed by atoms with Crippen LogP contribution in [0.4, 0.5) is 5.69 Å². The summed E-state index contributed by atoms with van der Waals surface area (Å²) < 4.78 is 31.4. The summed E-state index contributed by atoms with van der Waals surface area (Å²) in [7, 11) is -2.36. The third kappa shape index (κ3) is 5.42. The zero-order valence-corrected chi connectivity index (χ0v) is 19.1. The second-order valence-corrected chi connectivity index (χ2v) is 9.44. The third-order valence-electron chi connectivity index (χ3n) is 4.72. The van der Waals surface area contributed by atoms with E-state index in [1.54, 1.807) is 12.1 Å². The number of anilines is 1. The van der Waals surface area contributed by atoms with Gasteiger partial charge in [0.05, 0.1) is 25.1 Å². The van der Waals surface area contributed by atoms with E-state index in [1.807, 2.05) is 39.0 Å². The molecule has 0 aliphatic rings. The Hall–Kier alpha value is -2.25. The first-order valence-electron chi connectivity index (χ1n) is 9.16. The maximum Gasteiger partial charge on any atom is 0.244 e. The normalized spacial score (nSPS) is 13.5. The van der Waals surface area contributed by atoms with Gasteiger partial charge >= 0.3 is 0 Å². The quantitative estimate of drug-likeness (QED) is 0.708. The molecule has 0 saturated carbocycles.